The van der Waals surface area contributed by atoms with Gasteiger partial charge in [-0.2, -0.15) is 18.3 Å². The fourth-order valence-corrected chi connectivity index (χ4v) is 1.53. The summed E-state index contributed by atoms with van der Waals surface area (Å²) in [5.41, 5.74) is 0.137. The Bertz CT molecular complexity index is 513. The molecule has 0 spiro atoms. The van der Waals surface area contributed by atoms with Gasteiger partial charge >= 0.3 is 6.18 Å². The van der Waals surface area contributed by atoms with Gasteiger partial charge in [-0.1, -0.05) is 13.8 Å². The van der Waals surface area contributed by atoms with Crippen LogP contribution in [0.4, 0.5) is 13.2 Å². The van der Waals surface area contributed by atoms with Crippen LogP contribution in [0.1, 0.15) is 31.2 Å². The zero-order valence-electron chi connectivity index (χ0n) is 8.78. The molecule has 86 valence electrons. The molecule has 0 aliphatic heterocycles. The Hall–Kier alpha value is -1.59. The molecule has 2 aromatic heterocycles. The minimum Gasteiger partial charge on any atom is -0.257 e. The van der Waals surface area contributed by atoms with Crippen molar-refractivity contribution in [1.82, 2.24) is 14.6 Å². The second-order valence-electron chi connectivity index (χ2n) is 3.82. The molecule has 2 aromatic rings. The third-order valence-electron chi connectivity index (χ3n) is 2.26. The molecule has 0 radical (unpaired) electrons. The van der Waals surface area contributed by atoms with E-state index >= 15 is 0 Å². The Labute approximate surface area is 89.9 Å². The minimum absolute atomic E-state index is 0.0569. The molecule has 0 aliphatic rings. The number of hydrogen-bond acceptors (Lipinski definition) is 2. The zero-order valence-corrected chi connectivity index (χ0v) is 8.78. The fraction of sp³-hybridized carbons (Fsp3) is 0.400. The van der Waals surface area contributed by atoms with Crippen LogP contribution in [-0.4, -0.2) is 14.6 Å². The van der Waals surface area contributed by atoms with E-state index in [2.05, 4.69) is 10.1 Å². The number of aromatic nitrogens is 3. The van der Waals surface area contributed by atoms with Crippen molar-refractivity contribution in [3.63, 3.8) is 0 Å². The number of hydrogen-bond donors (Lipinski definition) is 0. The third-order valence-corrected chi connectivity index (χ3v) is 2.26. The van der Waals surface area contributed by atoms with Gasteiger partial charge in [-0.3, -0.25) is 4.98 Å². The van der Waals surface area contributed by atoms with Crippen molar-refractivity contribution < 1.29 is 13.2 Å². The molecule has 0 N–H and O–H groups in total. The molecule has 0 amide bonds. The highest BCUT2D eigenvalue weighted by molar-refractivity contribution is 5.53. The maximum absolute atomic E-state index is 12.5. The van der Waals surface area contributed by atoms with E-state index in [1.807, 2.05) is 13.8 Å². The zero-order chi connectivity index (χ0) is 11.9. The van der Waals surface area contributed by atoms with E-state index in [-0.39, 0.29) is 5.92 Å². The molecule has 0 unspecified atom stereocenters. The summed E-state index contributed by atoms with van der Waals surface area (Å²) < 4.78 is 38.6. The monoisotopic (exact) mass is 229 g/mol. The van der Waals surface area contributed by atoms with Gasteiger partial charge in [0, 0.05) is 12.4 Å². The summed E-state index contributed by atoms with van der Waals surface area (Å²) in [6.07, 6.45) is -1.55. The molecule has 2 rings (SSSR count). The second kappa shape index (κ2) is 3.47. The van der Waals surface area contributed by atoms with Gasteiger partial charge in [0.1, 0.15) is 0 Å². The summed E-state index contributed by atoms with van der Waals surface area (Å²) in [5.74, 6) is 0.0569. The van der Waals surface area contributed by atoms with E-state index in [1.165, 1.54) is 16.9 Å². The van der Waals surface area contributed by atoms with Crippen LogP contribution in [0.15, 0.2) is 18.5 Å². The molecule has 0 atom stereocenters. The molecule has 0 aromatic carbocycles. The van der Waals surface area contributed by atoms with Crippen LogP contribution in [0.2, 0.25) is 0 Å². The van der Waals surface area contributed by atoms with E-state index in [9.17, 15) is 13.2 Å². The van der Waals surface area contributed by atoms with Crippen molar-refractivity contribution in [2.24, 2.45) is 0 Å². The van der Waals surface area contributed by atoms with Crippen LogP contribution in [0, 0.1) is 0 Å². The Morgan fingerprint density at radius 3 is 2.56 bits per heavy atom. The molecule has 6 heteroatoms. The molecular weight excluding hydrogens is 219 g/mol. The van der Waals surface area contributed by atoms with Crippen molar-refractivity contribution in [1.29, 1.82) is 0 Å². The Morgan fingerprint density at radius 1 is 1.31 bits per heavy atom. The van der Waals surface area contributed by atoms with Crippen LogP contribution in [-0.2, 0) is 6.18 Å². The number of fused-ring (bicyclic) bond motifs is 1. The van der Waals surface area contributed by atoms with Gasteiger partial charge in [-0.25, -0.2) is 4.52 Å². The van der Waals surface area contributed by atoms with E-state index < -0.39 is 11.9 Å². The quantitative estimate of drug-likeness (QED) is 0.752. The molecule has 0 fully saturated rings. The first-order valence-corrected chi connectivity index (χ1v) is 4.81. The standard InChI is InChI=1S/C10H10F3N3/c1-6(2)9-7-5-8(10(11,12)13)15-16(7)4-3-14-9/h3-6H,1-2H3. The van der Waals surface area contributed by atoms with E-state index in [0.29, 0.717) is 11.2 Å². The van der Waals surface area contributed by atoms with Gasteiger partial charge in [-0.05, 0) is 12.0 Å². The van der Waals surface area contributed by atoms with Gasteiger partial charge in [0.25, 0.3) is 0 Å². The average Bonchev–Trinajstić information content (AvgIpc) is 2.59. The number of halogens is 3. The largest absolute Gasteiger partial charge is 0.435 e. The molecule has 0 aliphatic carbocycles. The maximum atomic E-state index is 12.5. The normalized spacial score (nSPS) is 12.6. The Balaban J connectivity index is 2.66. The molecule has 16 heavy (non-hydrogen) atoms. The predicted octanol–water partition coefficient (Wildman–Crippen LogP) is 2.87. The molecular formula is C10H10F3N3. The Kier molecular flexibility index (Phi) is 2.36. The lowest BCUT2D eigenvalue weighted by Gasteiger charge is -2.04. The smallest absolute Gasteiger partial charge is 0.257 e. The summed E-state index contributed by atoms with van der Waals surface area (Å²) in [5, 5.41) is 3.48. The first kappa shape index (κ1) is 10.9. The van der Waals surface area contributed by atoms with Crippen LogP contribution >= 0.6 is 0 Å². The van der Waals surface area contributed by atoms with Crippen molar-refractivity contribution in [2.75, 3.05) is 0 Å². The summed E-state index contributed by atoms with van der Waals surface area (Å²) in [6, 6.07) is 1.03. The summed E-state index contributed by atoms with van der Waals surface area (Å²) in [4.78, 5) is 4.07. The first-order valence-electron chi connectivity index (χ1n) is 4.81. The lowest BCUT2D eigenvalue weighted by molar-refractivity contribution is -0.141. The summed E-state index contributed by atoms with van der Waals surface area (Å²) in [7, 11) is 0. The van der Waals surface area contributed by atoms with Gasteiger partial charge in [0.15, 0.2) is 5.69 Å². The molecule has 0 saturated carbocycles. The topological polar surface area (TPSA) is 30.2 Å². The molecule has 2 heterocycles. The van der Waals surface area contributed by atoms with Gasteiger partial charge < -0.3 is 0 Å². The minimum atomic E-state index is -4.42. The van der Waals surface area contributed by atoms with Gasteiger partial charge in [0.2, 0.25) is 0 Å². The van der Waals surface area contributed by atoms with Gasteiger partial charge in [0.05, 0.1) is 11.2 Å². The third kappa shape index (κ3) is 1.75. The van der Waals surface area contributed by atoms with E-state index in [0.717, 1.165) is 6.07 Å². The average molecular weight is 229 g/mol. The fourth-order valence-electron chi connectivity index (χ4n) is 1.53. The summed E-state index contributed by atoms with van der Waals surface area (Å²) in [6.45, 7) is 3.76. The number of rotatable bonds is 1. The van der Waals surface area contributed by atoms with Crippen molar-refractivity contribution in [3.8, 4) is 0 Å². The first-order chi connectivity index (χ1) is 7.39. The second-order valence-corrected chi connectivity index (χ2v) is 3.82. The molecule has 0 saturated heterocycles. The number of nitrogens with zero attached hydrogens (tertiary/aromatic N) is 3. The summed E-state index contributed by atoms with van der Waals surface area (Å²) >= 11 is 0. The van der Waals surface area contributed by atoms with Crippen LogP contribution < -0.4 is 0 Å². The maximum Gasteiger partial charge on any atom is 0.435 e. The Morgan fingerprint density at radius 2 is 2.00 bits per heavy atom. The highest BCUT2D eigenvalue weighted by Crippen LogP contribution is 2.30. The SMILES string of the molecule is CC(C)c1nccn2nc(C(F)(F)F)cc12. The van der Waals surface area contributed by atoms with Crippen LogP contribution in [0.3, 0.4) is 0 Å². The van der Waals surface area contributed by atoms with E-state index in [1.54, 1.807) is 0 Å². The molecule has 3 nitrogen and oxygen atoms in total. The van der Waals surface area contributed by atoms with E-state index in [4.69, 9.17) is 0 Å². The van der Waals surface area contributed by atoms with Crippen LogP contribution in [0.25, 0.3) is 5.52 Å². The lowest BCUT2D eigenvalue weighted by Crippen LogP contribution is -2.05. The highest BCUT2D eigenvalue weighted by atomic mass is 19.4. The van der Waals surface area contributed by atoms with Crippen molar-refractivity contribution in [3.05, 3.63) is 29.8 Å². The highest BCUT2D eigenvalue weighted by Gasteiger charge is 2.34. The van der Waals surface area contributed by atoms with Crippen LogP contribution in [0.5, 0.6) is 0 Å². The van der Waals surface area contributed by atoms with Crippen molar-refractivity contribution in [2.45, 2.75) is 25.9 Å². The molecule has 0 bridgehead atoms. The predicted molar refractivity (Wildman–Crippen MR) is 52.1 cm³/mol. The lowest BCUT2D eigenvalue weighted by atomic mass is 10.1. The van der Waals surface area contributed by atoms with Crippen molar-refractivity contribution >= 4 is 5.52 Å². The van der Waals surface area contributed by atoms with Gasteiger partial charge in [-0.15, -0.1) is 0 Å². The number of alkyl halides is 3.